The summed E-state index contributed by atoms with van der Waals surface area (Å²) in [7, 11) is 0. The van der Waals surface area contributed by atoms with Gasteiger partial charge in [-0.25, -0.2) is 0 Å². The number of hydrogen-bond donors (Lipinski definition) is 9. The third kappa shape index (κ3) is 7.59. The minimum absolute atomic E-state index is 0.103. The number of carbonyl (C=O) groups is 3. The van der Waals surface area contributed by atoms with Gasteiger partial charge < -0.3 is 32.5 Å². The van der Waals surface area contributed by atoms with E-state index in [4.69, 9.17) is 48.7 Å². The van der Waals surface area contributed by atoms with Crippen molar-refractivity contribution in [3.8, 4) is 0 Å². The number of amidine groups is 3. The van der Waals surface area contributed by atoms with Crippen LogP contribution in [0.2, 0.25) is 0 Å². The van der Waals surface area contributed by atoms with Gasteiger partial charge in [0.25, 0.3) is 0 Å². The molecule has 0 saturated carbocycles. The number of nitrogen functional groups attached to an aromatic ring is 3. The third-order valence-electron chi connectivity index (χ3n) is 5.07. The van der Waals surface area contributed by atoms with Crippen molar-refractivity contribution in [1.29, 1.82) is 16.2 Å². The summed E-state index contributed by atoms with van der Waals surface area (Å²) >= 11 is 0. The quantitative estimate of drug-likeness (QED) is 0.131. The first-order valence-corrected chi connectivity index (χ1v) is 10.3. The summed E-state index contributed by atoms with van der Waals surface area (Å²) in [6, 6.07) is 0. The smallest absolute Gasteiger partial charge is 0.303 e. The first-order chi connectivity index (χ1) is 15.4. The van der Waals surface area contributed by atoms with Crippen molar-refractivity contribution >= 4 is 35.4 Å². The molecule has 0 amide bonds. The fraction of sp³-hybridized carbons (Fsp3) is 0.429. The lowest BCUT2D eigenvalue weighted by atomic mass is 9.80. The van der Waals surface area contributed by atoms with Crippen LogP contribution in [0, 0.1) is 16.2 Å². The van der Waals surface area contributed by atoms with Crippen LogP contribution in [0.15, 0.2) is 0 Å². The zero-order valence-electron chi connectivity index (χ0n) is 18.2. The second-order valence-corrected chi connectivity index (χ2v) is 7.54. The van der Waals surface area contributed by atoms with E-state index >= 15 is 0 Å². The summed E-state index contributed by atoms with van der Waals surface area (Å²) in [5.74, 6) is -4.33. The second kappa shape index (κ2) is 12.2. The van der Waals surface area contributed by atoms with Gasteiger partial charge in [0.15, 0.2) is 0 Å². The van der Waals surface area contributed by atoms with Gasteiger partial charge in [0.1, 0.15) is 17.5 Å². The molecule has 0 unspecified atom stereocenters. The number of nitrogens with two attached hydrogens (primary N) is 3. The normalized spacial score (nSPS) is 10.5. The van der Waals surface area contributed by atoms with Crippen molar-refractivity contribution in [1.82, 2.24) is 0 Å². The molecule has 0 heterocycles. The van der Waals surface area contributed by atoms with Crippen molar-refractivity contribution in [2.75, 3.05) is 0 Å². The van der Waals surface area contributed by atoms with E-state index in [-0.39, 0.29) is 74.5 Å². The molecule has 0 saturated heterocycles. The number of hydrogen-bond acceptors (Lipinski definition) is 6. The summed E-state index contributed by atoms with van der Waals surface area (Å²) in [5, 5.41) is 51.5. The Labute approximate surface area is 190 Å². The molecule has 33 heavy (non-hydrogen) atoms. The maximum absolute atomic E-state index is 11.0. The van der Waals surface area contributed by atoms with Crippen LogP contribution in [0.5, 0.6) is 0 Å². The van der Waals surface area contributed by atoms with Gasteiger partial charge in [0.2, 0.25) is 0 Å². The highest BCUT2D eigenvalue weighted by molar-refractivity contribution is 6.10. The van der Waals surface area contributed by atoms with Gasteiger partial charge in [-0.2, -0.15) is 0 Å². The minimum atomic E-state index is -1.03. The largest absolute Gasteiger partial charge is 0.481 e. The molecule has 0 fully saturated rings. The lowest BCUT2D eigenvalue weighted by Gasteiger charge is -2.25. The number of rotatable bonds is 15. The molecule has 180 valence electrons. The van der Waals surface area contributed by atoms with E-state index in [1.165, 1.54) is 0 Å². The van der Waals surface area contributed by atoms with Gasteiger partial charge in [-0.15, -0.1) is 0 Å². The lowest BCUT2D eigenvalue weighted by Crippen LogP contribution is -2.29. The zero-order chi connectivity index (χ0) is 25.3. The van der Waals surface area contributed by atoms with E-state index in [2.05, 4.69) is 0 Å². The molecule has 12 heteroatoms. The van der Waals surface area contributed by atoms with E-state index in [0.717, 1.165) is 0 Å². The molecular weight excluding hydrogens is 432 g/mol. The summed E-state index contributed by atoms with van der Waals surface area (Å²) in [6.07, 6.45) is 0.198. The van der Waals surface area contributed by atoms with Crippen molar-refractivity contribution < 1.29 is 29.7 Å². The third-order valence-corrected chi connectivity index (χ3v) is 5.07. The summed E-state index contributed by atoms with van der Waals surface area (Å²) in [5.41, 5.74) is 19.1. The van der Waals surface area contributed by atoms with Crippen LogP contribution in [-0.2, 0) is 33.6 Å². The summed E-state index contributed by atoms with van der Waals surface area (Å²) < 4.78 is 0. The number of aliphatic carboxylic acids is 3. The van der Waals surface area contributed by atoms with Gasteiger partial charge in [-0.3, -0.25) is 30.6 Å². The molecule has 12 N–H and O–H groups in total. The Morgan fingerprint density at radius 2 is 0.758 bits per heavy atom. The SMILES string of the molecule is N=C(N)c1c(CCCC(=O)O)c(C(=N)N)c(CCCC(=O)O)c(C(=N)N)c1CCCC(=O)O. The Kier molecular flexibility index (Phi) is 9.99. The molecule has 0 radical (unpaired) electrons. The van der Waals surface area contributed by atoms with E-state index in [1.807, 2.05) is 0 Å². The van der Waals surface area contributed by atoms with Crippen molar-refractivity contribution in [2.45, 2.75) is 57.8 Å². The maximum Gasteiger partial charge on any atom is 0.303 e. The van der Waals surface area contributed by atoms with Gasteiger partial charge in [0.05, 0.1) is 0 Å². The van der Waals surface area contributed by atoms with E-state index in [0.29, 0.717) is 16.7 Å². The number of carboxylic acids is 3. The van der Waals surface area contributed by atoms with Crippen molar-refractivity contribution in [3.63, 3.8) is 0 Å². The number of nitrogens with one attached hydrogen (secondary N) is 3. The highest BCUT2D eigenvalue weighted by Gasteiger charge is 2.27. The fourth-order valence-electron chi connectivity index (χ4n) is 3.90. The fourth-order valence-corrected chi connectivity index (χ4v) is 3.90. The van der Waals surface area contributed by atoms with Crippen molar-refractivity contribution in [3.05, 3.63) is 33.4 Å². The molecule has 0 spiro atoms. The van der Waals surface area contributed by atoms with E-state index < -0.39 is 35.4 Å². The minimum Gasteiger partial charge on any atom is -0.481 e. The Balaban J connectivity index is 3.89. The van der Waals surface area contributed by atoms with Crippen LogP contribution < -0.4 is 17.2 Å². The molecule has 0 aliphatic heterocycles. The standard InChI is InChI=1S/C21H30N6O6/c22-19(23)16-10(4-1-7-13(28)29)17(20(24)25)12(6-3-9-15(32)33)18(21(26)27)11(16)5-2-8-14(30)31/h1-9H2,(H3,22,23)(H3,24,25)(H3,26,27)(H,28,29)(H,30,31)(H,32,33). The van der Waals surface area contributed by atoms with Crippen LogP contribution in [0.1, 0.15) is 71.9 Å². The molecular formula is C21H30N6O6. The predicted octanol–water partition coefficient (Wildman–Crippen LogP) is 0.761. The maximum atomic E-state index is 11.0. The molecule has 12 nitrogen and oxygen atoms in total. The van der Waals surface area contributed by atoms with Gasteiger partial charge in [0, 0.05) is 36.0 Å². The van der Waals surface area contributed by atoms with Gasteiger partial charge in [-0.1, -0.05) is 0 Å². The Bertz CT molecular complexity index is 843. The van der Waals surface area contributed by atoms with Gasteiger partial charge in [-0.05, 0) is 55.2 Å². The molecule has 1 aromatic rings. The molecule has 0 bridgehead atoms. The Hall–Kier alpha value is -3.96. The number of benzene rings is 1. The Morgan fingerprint density at radius 3 is 0.909 bits per heavy atom. The topological polar surface area (TPSA) is 262 Å². The van der Waals surface area contributed by atoms with Crippen LogP contribution >= 0.6 is 0 Å². The monoisotopic (exact) mass is 462 g/mol. The Morgan fingerprint density at radius 1 is 0.545 bits per heavy atom. The average molecular weight is 463 g/mol. The highest BCUT2D eigenvalue weighted by Crippen LogP contribution is 2.32. The lowest BCUT2D eigenvalue weighted by molar-refractivity contribution is -0.138. The van der Waals surface area contributed by atoms with E-state index in [9.17, 15) is 14.4 Å². The average Bonchev–Trinajstić information content (AvgIpc) is 2.65. The first kappa shape index (κ1) is 27.1. The molecule has 0 aliphatic rings. The molecule has 0 atom stereocenters. The number of carboxylic acid groups (broad SMARTS) is 3. The molecule has 0 aliphatic carbocycles. The second-order valence-electron chi connectivity index (χ2n) is 7.54. The highest BCUT2D eigenvalue weighted by atomic mass is 16.4. The van der Waals surface area contributed by atoms with E-state index in [1.54, 1.807) is 0 Å². The predicted molar refractivity (Wildman–Crippen MR) is 121 cm³/mol. The van der Waals surface area contributed by atoms with Crippen LogP contribution in [0.4, 0.5) is 0 Å². The zero-order valence-corrected chi connectivity index (χ0v) is 18.2. The van der Waals surface area contributed by atoms with Crippen LogP contribution in [0.3, 0.4) is 0 Å². The molecule has 1 rings (SSSR count). The molecule has 1 aromatic carbocycles. The summed E-state index contributed by atoms with van der Waals surface area (Å²) in [6.45, 7) is 0. The molecule has 0 aromatic heterocycles. The van der Waals surface area contributed by atoms with Crippen LogP contribution in [0.25, 0.3) is 0 Å². The van der Waals surface area contributed by atoms with Crippen LogP contribution in [-0.4, -0.2) is 50.7 Å². The van der Waals surface area contributed by atoms with Crippen molar-refractivity contribution in [2.24, 2.45) is 17.2 Å². The summed E-state index contributed by atoms with van der Waals surface area (Å²) in [4.78, 5) is 33.1. The first-order valence-electron chi connectivity index (χ1n) is 10.3. The van der Waals surface area contributed by atoms with Gasteiger partial charge >= 0.3 is 17.9 Å².